The van der Waals surface area contributed by atoms with E-state index < -0.39 is 10.0 Å². The second kappa shape index (κ2) is 5.92. The average molecular weight is 291 g/mol. The highest BCUT2D eigenvalue weighted by atomic mass is 32.2. The molecule has 106 valence electrons. The van der Waals surface area contributed by atoms with Crippen molar-refractivity contribution in [1.82, 2.24) is 4.98 Å². The topological polar surface area (TPSA) is 85.1 Å². The highest BCUT2D eigenvalue weighted by molar-refractivity contribution is 7.92. The molecule has 0 saturated carbocycles. The maximum atomic E-state index is 12.0. The third kappa shape index (κ3) is 3.96. The summed E-state index contributed by atoms with van der Waals surface area (Å²) in [5, 5.41) is 0. The number of hydrogen-bond donors (Lipinski definition) is 2. The maximum absolute atomic E-state index is 12.0. The molecule has 5 nitrogen and oxygen atoms in total. The summed E-state index contributed by atoms with van der Waals surface area (Å²) in [5.74, 6) is -0.0304. The van der Waals surface area contributed by atoms with E-state index in [0.717, 1.165) is 11.3 Å². The van der Waals surface area contributed by atoms with Gasteiger partial charge in [-0.15, -0.1) is 0 Å². The number of aromatic nitrogens is 1. The molecular formula is C14H17N3O2S. The van der Waals surface area contributed by atoms with Crippen molar-refractivity contribution in [1.29, 1.82) is 0 Å². The number of nitrogens with one attached hydrogen (secondary N) is 1. The van der Waals surface area contributed by atoms with Gasteiger partial charge in [-0.1, -0.05) is 12.1 Å². The minimum absolute atomic E-state index is 0.0304. The zero-order chi connectivity index (χ0) is 14.6. The number of nitrogen functional groups attached to an aromatic ring is 1. The molecule has 0 spiro atoms. The molecule has 0 fully saturated rings. The first-order valence-corrected chi connectivity index (χ1v) is 7.88. The van der Waals surface area contributed by atoms with Crippen molar-refractivity contribution in [3.8, 4) is 0 Å². The minimum atomic E-state index is -3.44. The van der Waals surface area contributed by atoms with E-state index in [-0.39, 0.29) is 5.75 Å². The Bertz CT molecular complexity index is 685. The molecule has 0 amide bonds. The van der Waals surface area contributed by atoms with E-state index in [1.54, 1.807) is 30.5 Å². The number of benzene rings is 1. The van der Waals surface area contributed by atoms with E-state index >= 15 is 0 Å². The standard InChI is InChI=1S/C14H17N3O2S/c1-11-5-6-13(15)14(10-11)17-20(18,19)9-7-12-4-2-3-8-16-12/h2-6,8,10,17H,7,9,15H2,1H3. The lowest BCUT2D eigenvalue weighted by Crippen LogP contribution is -2.19. The lowest BCUT2D eigenvalue weighted by molar-refractivity contribution is 0.600. The van der Waals surface area contributed by atoms with Crippen molar-refractivity contribution >= 4 is 21.4 Å². The third-order valence-electron chi connectivity index (χ3n) is 2.83. The Kier molecular flexibility index (Phi) is 4.24. The Morgan fingerprint density at radius 2 is 2.05 bits per heavy atom. The highest BCUT2D eigenvalue weighted by Gasteiger charge is 2.13. The van der Waals surface area contributed by atoms with Crippen LogP contribution in [0.1, 0.15) is 11.3 Å². The smallest absolute Gasteiger partial charge is 0.233 e. The second-order valence-electron chi connectivity index (χ2n) is 4.58. The van der Waals surface area contributed by atoms with Gasteiger partial charge < -0.3 is 5.73 Å². The fraction of sp³-hybridized carbons (Fsp3) is 0.214. The summed E-state index contributed by atoms with van der Waals surface area (Å²) in [5.41, 5.74) is 8.29. The van der Waals surface area contributed by atoms with E-state index in [1.807, 2.05) is 19.1 Å². The summed E-state index contributed by atoms with van der Waals surface area (Å²) >= 11 is 0. The summed E-state index contributed by atoms with van der Waals surface area (Å²) in [6.45, 7) is 1.88. The molecule has 0 atom stereocenters. The molecule has 0 radical (unpaired) electrons. The number of hydrogen-bond acceptors (Lipinski definition) is 4. The van der Waals surface area contributed by atoms with Gasteiger partial charge in [0.15, 0.2) is 0 Å². The van der Waals surface area contributed by atoms with E-state index in [4.69, 9.17) is 5.73 Å². The first kappa shape index (κ1) is 14.3. The van der Waals surface area contributed by atoms with Gasteiger partial charge in [-0.3, -0.25) is 9.71 Å². The molecule has 1 heterocycles. The van der Waals surface area contributed by atoms with E-state index in [0.29, 0.717) is 17.8 Å². The van der Waals surface area contributed by atoms with E-state index in [9.17, 15) is 8.42 Å². The van der Waals surface area contributed by atoms with Gasteiger partial charge >= 0.3 is 0 Å². The van der Waals surface area contributed by atoms with Crippen molar-refractivity contribution in [2.75, 3.05) is 16.2 Å². The molecular weight excluding hydrogens is 274 g/mol. The number of anilines is 2. The first-order chi connectivity index (χ1) is 9.46. The number of pyridine rings is 1. The second-order valence-corrected chi connectivity index (χ2v) is 6.42. The quantitative estimate of drug-likeness (QED) is 0.825. The van der Waals surface area contributed by atoms with Crippen molar-refractivity contribution in [3.05, 3.63) is 53.9 Å². The van der Waals surface area contributed by atoms with Crippen LogP contribution in [0.15, 0.2) is 42.6 Å². The van der Waals surface area contributed by atoms with Gasteiger partial charge in [0.05, 0.1) is 17.1 Å². The first-order valence-electron chi connectivity index (χ1n) is 6.23. The number of aryl methyl sites for hydroxylation is 2. The Morgan fingerprint density at radius 1 is 1.25 bits per heavy atom. The molecule has 6 heteroatoms. The Balaban J connectivity index is 2.06. The summed E-state index contributed by atoms with van der Waals surface area (Å²) < 4.78 is 26.6. The Morgan fingerprint density at radius 3 is 2.75 bits per heavy atom. The number of nitrogens with zero attached hydrogens (tertiary/aromatic N) is 1. The molecule has 0 aliphatic heterocycles. The summed E-state index contributed by atoms with van der Waals surface area (Å²) in [4.78, 5) is 4.10. The van der Waals surface area contributed by atoms with Crippen LogP contribution >= 0.6 is 0 Å². The number of rotatable bonds is 5. The SMILES string of the molecule is Cc1ccc(N)c(NS(=O)(=O)CCc2ccccn2)c1. The zero-order valence-electron chi connectivity index (χ0n) is 11.2. The van der Waals surface area contributed by atoms with E-state index in [1.165, 1.54) is 0 Å². The highest BCUT2D eigenvalue weighted by Crippen LogP contribution is 2.21. The van der Waals surface area contributed by atoms with Gasteiger partial charge in [-0.05, 0) is 36.8 Å². The minimum Gasteiger partial charge on any atom is -0.397 e. The normalized spacial score (nSPS) is 11.2. The molecule has 0 bridgehead atoms. The van der Waals surface area contributed by atoms with Gasteiger partial charge in [-0.25, -0.2) is 8.42 Å². The molecule has 0 unspecified atom stereocenters. The maximum Gasteiger partial charge on any atom is 0.233 e. The van der Waals surface area contributed by atoms with E-state index in [2.05, 4.69) is 9.71 Å². The number of nitrogens with two attached hydrogens (primary N) is 1. The summed E-state index contributed by atoms with van der Waals surface area (Å²) in [7, 11) is -3.44. The molecule has 0 aliphatic carbocycles. The zero-order valence-corrected chi connectivity index (χ0v) is 12.0. The van der Waals surface area contributed by atoms with Crippen molar-refractivity contribution in [2.24, 2.45) is 0 Å². The Labute approximate surface area is 118 Å². The van der Waals surface area contributed by atoms with Crippen LogP contribution in [0, 0.1) is 6.92 Å². The lowest BCUT2D eigenvalue weighted by atomic mass is 10.2. The molecule has 2 rings (SSSR count). The van der Waals surface area contributed by atoms with Crippen LogP contribution in [-0.2, 0) is 16.4 Å². The molecule has 1 aromatic heterocycles. The fourth-order valence-corrected chi connectivity index (χ4v) is 2.85. The van der Waals surface area contributed by atoms with Gasteiger partial charge in [0, 0.05) is 18.3 Å². The molecule has 20 heavy (non-hydrogen) atoms. The summed E-state index contributed by atoms with van der Waals surface area (Å²) in [6, 6.07) is 10.7. The number of sulfonamides is 1. The largest absolute Gasteiger partial charge is 0.397 e. The van der Waals surface area contributed by atoms with Crippen LogP contribution in [0.4, 0.5) is 11.4 Å². The molecule has 0 saturated heterocycles. The van der Waals surface area contributed by atoms with Crippen LogP contribution in [0.5, 0.6) is 0 Å². The fourth-order valence-electron chi connectivity index (χ4n) is 1.76. The van der Waals surface area contributed by atoms with Crippen molar-refractivity contribution < 1.29 is 8.42 Å². The monoisotopic (exact) mass is 291 g/mol. The van der Waals surface area contributed by atoms with Crippen LogP contribution in [-0.4, -0.2) is 19.2 Å². The molecule has 0 aliphatic rings. The van der Waals surface area contributed by atoms with Gasteiger partial charge in [0.2, 0.25) is 10.0 Å². The average Bonchev–Trinajstić information content (AvgIpc) is 2.42. The van der Waals surface area contributed by atoms with Crippen molar-refractivity contribution in [2.45, 2.75) is 13.3 Å². The van der Waals surface area contributed by atoms with Crippen LogP contribution in [0.25, 0.3) is 0 Å². The molecule has 3 N–H and O–H groups in total. The Hall–Kier alpha value is -2.08. The van der Waals surface area contributed by atoms with Crippen LogP contribution in [0.3, 0.4) is 0 Å². The predicted molar refractivity (Wildman–Crippen MR) is 80.9 cm³/mol. The molecule has 2 aromatic rings. The lowest BCUT2D eigenvalue weighted by Gasteiger charge is -2.10. The van der Waals surface area contributed by atoms with Crippen molar-refractivity contribution in [3.63, 3.8) is 0 Å². The summed E-state index contributed by atoms with van der Waals surface area (Å²) in [6.07, 6.45) is 2.01. The van der Waals surface area contributed by atoms with Gasteiger partial charge in [0.25, 0.3) is 0 Å². The van der Waals surface area contributed by atoms with Crippen LogP contribution < -0.4 is 10.5 Å². The van der Waals surface area contributed by atoms with Crippen LogP contribution in [0.2, 0.25) is 0 Å². The predicted octanol–water partition coefficient (Wildman–Crippen LogP) is 1.96. The third-order valence-corrected chi connectivity index (χ3v) is 4.10. The molecule has 1 aromatic carbocycles. The van der Waals surface area contributed by atoms with Gasteiger partial charge in [0.1, 0.15) is 0 Å². The van der Waals surface area contributed by atoms with Gasteiger partial charge in [-0.2, -0.15) is 0 Å².